The Morgan fingerprint density at radius 2 is 2.12 bits per heavy atom. The van der Waals surface area contributed by atoms with E-state index in [0.29, 0.717) is 11.4 Å². The smallest absolute Gasteiger partial charge is 0.229 e. The fourth-order valence-electron chi connectivity index (χ4n) is 1.16. The third kappa shape index (κ3) is 4.53. The zero-order chi connectivity index (χ0) is 12.2. The largest absolute Gasteiger partial charge is 0.491 e. The third-order valence-corrected chi connectivity index (χ3v) is 2.66. The van der Waals surface area contributed by atoms with E-state index in [2.05, 4.69) is 4.72 Å². The van der Waals surface area contributed by atoms with Gasteiger partial charge in [-0.3, -0.25) is 4.72 Å². The Kier molecular flexibility index (Phi) is 4.18. The van der Waals surface area contributed by atoms with Crippen molar-refractivity contribution in [3.05, 3.63) is 24.3 Å². The molecule has 0 aliphatic rings. The van der Waals surface area contributed by atoms with Crippen molar-refractivity contribution in [2.45, 2.75) is 26.4 Å². The fraction of sp³-hybridized carbons (Fsp3) is 0.455. The Balaban J connectivity index is 2.79. The van der Waals surface area contributed by atoms with Gasteiger partial charge in [0.1, 0.15) is 5.75 Å². The quantitative estimate of drug-likeness (QED) is 0.862. The summed E-state index contributed by atoms with van der Waals surface area (Å²) in [5.41, 5.74) is 0.517. The Morgan fingerprint density at radius 1 is 1.44 bits per heavy atom. The van der Waals surface area contributed by atoms with E-state index in [-0.39, 0.29) is 6.10 Å². The molecule has 0 amide bonds. The van der Waals surface area contributed by atoms with Gasteiger partial charge in [0.25, 0.3) is 0 Å². The first-order valence-corrected chi connectivity index (χ1v) is 7.04. The van der Waals surface area contributed by atoms with Crippen LogP contribution in [-0.2, 0) is 10.0 Å². The maximum atomic E-state index is 11.0. The molecule has 1 aromatic rings. The van der Waals surface area contributed by atoms with Crippen LogP contribution in [0.25, 0.3) is 0 Å². The second-order valence-electron chi connectivity index (χ2n) is 3.74. The van der Waals surface area contributed by atoms with Crippen LogP contribution in [0.15, 0.2) is 24.3 Å². The van der Waals surface area contributed by atoms with E-state index in [1.165, 1.54) is 0 Å². The highest BCUT2D eigenvalue weighted by molar-refractivity contribution is 7.92. The lowest BCUT2D eigenvalue weighted by atomic mass is 10.3. The first-order chi connectivity index (χ1) is 7.40. The molecule has 90 valence electrons. The van der Waals surface area contributed by atoms with Crippen molar-refractivity contribution in [1.29, 1.82) is 0 Å². The van der Waals surface area contributed by atoms with Gasteiger partial charge >= 0.3 is 0 Å². The van der Waals surface area contributed by atoms with Crippen LogP contribution in [0.2, 0.25) is 0 Å². The number of anilines is 1. The Bertz CT molecular complexity index is 442. The predicted molar refractivity (Wildman–Crippen MR) is 65.3 cm³/mol. The Morgan fingerprint density at radius 3 is 2.69 bits per heavy atom. The fourth-order valence-corrected chi connectivity index (χ4v) is 1.72. The van der Waals surface area contributed by atoms with E-state index in [4.69, 9.17) is 4.74 Å². The minimum Gasteiger partial charge on any atom is -0.491 e. The van der Waals surface area contributed by atoms with E-state index in [1.807, 2.05) is 13.8 Å². The van der Waals surface area contributed by atoms with Crippen LogP contribution in [0, 0.1) is 0 Å². The van der Waals surface area contributed by atoms with Gasteiger partial charge in [-0.1, -0.05) is 13.0 Å². The number of benzene rings is 1. The summed E-state index contributed by atoms with van der Waals surface area (Å²) in [6.07, 6.45) is 2.15. The second-order valence-corrected chi connectivity index (χ2v) is 5.49. The highest BCUT2D eigenvalue weighted by Crippen LogP contribution is 2.19. The van der Waals surface area contributed by atoms with Crippen molar-refractivity contribution in [2.24, 2.45) is 0 Å². The van der Waals surface area contributed by atoms with Crippen molar-refractivity contribution in [3.63, 3.8) is 0 Å². The highest BCUT2D eigenvalue weighted by atomic mass is 32.2. The number of hydrogen-bond donors (Lipinski definition) is 1. The predicted octanol–water partition coefficient (Wildman–Crippen LogP) is 2.24. The Labute approximate surface area is 96.7 Å². The van der Waals surface area contributed by atoms with Gasteiger partial charge in [-0.05, 0) is 25.5 Å². The van der Waals surface area contributed by atoms with E-state index in [1.54, 1.807) is 24.3 Å². The van der Waals surface area contributed by atoms with Crippen LogP contribution >= 0.6 is 0 Å². The summed E-state index contributed by atoms with van der Waals surface area (Å²) in [7, 11) is -3.23. The molecule has 0 bridgehead atoms. The van der Waals surface area contributed by atoms with Crippen molar-refractivity contribution in [1.82, 2.24) is 0 Å². The zero-order valence-electron chi connectivity index (χ0n) is 9.73. The number of nitrogens with one attached hydrogen (secondary N) is 1. The van der Waals surface area contributed by atoms with Crippen LogP contribution in [0.1, 0.15) is 20.3 Å². The Hall–Kier alpha value is -1.23. The van der Waals surface area contributed by atoms with Crippen LogP contribution < -0.4 is 9.46 Å². The molecule has 1 unspecified atom stereocenters. The van der Waals surface area contributed by atoms with E-state index in [0.717, 1.165) is 12.7 Å². The van der Waals surface area contributed by atoms with Crippen molar-refractivity contribution >= 4 is 15.7 Å². The molecular weight excluding hydrogens is 226 g/mol. The van der Waals surface area contributed by atoms with Gasteiger partial charge in [-0.2, -0.15) is 0 Å². The standard InChI is InChI=1S/C11H17NO3S/c1-4-9(2)15-11-7-5-6-10(8-11)12-16(3,13)14/h5-9,12H,4H2,1-3H3. The average molecular weight is 243 g/mol. The lowest BCUT2D eigenvalue weighted by Gasteiger charge is -2.13. The highest BCUT2D eigenvalue weighted by Gasteiger charge is 2.04. The van der Waals surface area contributed by atoms with Gasteiger partial charge < -0.3 is 4.74 Å². The molecule has 0 heterocycles. The molecule has 0 saturated carbocycles. The molecular formula is C11H17NO3S. The van der Waals surface area contributed by atoms with Crippen molar-refractivity contribution in [2.75, 3.05) is 11.0 Å². The number of rotatable bonds is 5. The molecule has 1 aromatic carbocycles. The monoisotopic (exact) mass is 243 g/mol. The zero-order valence-corrected chi connectivity index (χ0v) is 10.5. The number of ether oxygens (including phenoxy) is 1. The first-order valence-electron chi connectivity index (χ1n) is 5.15. The summed E-state index contributed by atoms with van der Waals surface area (Å²) in [5, 5.41) is 0. The van der Waals surface area contributed by atoms with Crippen LogP contribution in [-0.4, -0.2) is 20.8 Å². The number of hydrogen-bond acceptors (Lipinski definition) is 3. The lowest BCUT2D eigenvalue weighted by Crippen LogP contribution is -2.11. The molecule has 0 radical (unpaired) electrons. The summed E-state index contributed by atoms with van der Waals surface area (Å²) >= 11 is 0. The van der Waals surface area contributed by atoms with Gasteiger partial charge in [0.2, 0.25) is 10.0 Å². The van der Waals surface area contributed by atoms with Gasteiger partial charge in [-0.25, -0.2) is 8.42 Å². The average Bonchev–Trinajstić information content (AvgIpc) is 2.15. The van der Waals surface area contributed by atoms with Crippen LogP contribution in [0.5, 0.6) is 5.75 Å². The molecule has 4 nitrogen and oxygen atoms in total. The van der Waals surface area contributed by atoms with E-state index in [9.17, 15) is 8.42 Å². The maximum absolute atomic E-state index is 11.0. The van der Waals surface area contributed by atoms with E-state index < -0.39 is 10.0 Å². The normalized spacial score (nSPS) is 13.2. The molecule has 0 aliphatic carbocycles. The van der Waals surface area contributed by atoms with Crippen LogP contribution in [0.3, 0.4) is 0 Å². The third-order valence-electron chi connectivity index (χ3n) is 2.05. The van der Waals surface area contributed by atoms with Gasteiger partial charge in [0.15, 0.2) is 0 Å². The lowest BCUT2D eigenvalue weighted by molar-refractivity contribution is 0.217. The molecule has 1 rings (SSSR count). The summed E-state index contributed by atoms with van der Waals surface area (Å²) in [4.78, 5) is 0. The molecule has 16 heavy (non-hydrogen) atoms. The van der Waals surface area contributed by atoms with Crippen molar-refractivity contribution in [3.8, 4) is 5.75 Å². The molecule has 1 atom stereocenters. The van der Waals surface area contributed by atoms with E-state index >= 15 is 0 Å². The van der Waals surface area contributed by atoms with Gasteiger partial charge in [0.05, 0.1) is 18.0 Å². The van der Waals surface area contributed by atoms with Gasteiger partial charge in [-0.15, -0.1) is 0 Å². The second kappa shape index (κ2) is 5.21. The minimum atomic E-state index is -3.23. The minimum absolute atomic E-state index is 0.119. The molecule has 0 saturated heterocycles. The molecule has 5 heteroatoms. The summed E-state index contributed by atoms with van der Waals surface area (Å²) in [6, 6.07) is 6.92. The summed E-state index contributed by atoms with van der Waals surface area (Å²) in [5.74, 6) is 0.669. The van der Waals surface area contributed by atoms with Gasteiger partial charge in [0, 0.05) is 6.07 Å². The molecule has 0 aromatic heterocycles. The number of sulfonamides is 1. The molecule has 1 N–H and O–H groups in total. The summed E-state index contributed by atoms with van der Waals surface area (Å²) < 4.78 is 30.1. The molecule has 0 spiro atoms. The first kappa shape index (κ1) is 12.8. The topological polar surface area (TPSA) is 55.4 Å². The van der Waals surface area contributed by atoms with Crippen LogP contribution in [0.4, 0.5) is 5.69 Å². The maximum Gasteiger partial charge on any atom is 0.229 e. The summed E-state index contributed by atoms with van der Waals surface area (Å²) in [6.45, 7) is 4.00. The van der Waals surface area contributed by atoms with Crippen molar-refractivity contribution < 1.29 is 13.2 Å². The SMILES string of the molecule is CCC(C)Oc1cccc(NS(C)(=O)=O)c1. The molecule has 0 aliphatic heterocycles. The molecule has 0 fully saturated rings.